The van der Waals surface area contributed by atoms with Crippen LogP contribution in [0, 0.1) is 0 Å². The Hall–Kier alpha value is -2.40. The van der Waals surface area contributed by atoms with Crippen molar-refractivity contribution in [2.75, 3.05) is 10.7 Å². The summed E-state index contributed by atoms with van der Waals surface area (Å²) in [6.45, 7) is 5.15. The zero-order chi connectivity index (χ0) is 27.8. The first-order valence-electron chi connectivity index (χ1n) is 11.9. The van der Waals surface area contributed by atoms with E-state index in [1.165, 1.54) is 15.7 Å². The maximum atomic E-state index is 14.0. The molecule has 3 aromatic rings. The van der Waals surface area contributed by atoms with E-state index >= 15 is 0 Å². The fraction of sp³-hybridized carbons (Fsp3) is 0.346. The number of benzene rings is 2. The topological polar surface area (TPSA) is 98.6 Å². The van der Waals surface area contributed by atoms with Gasteiger partial charge in [-0.25, -0.2) is 18.3 Å². The van der Waals surface area contributed by atoms with Crippen LogP contribution < -0.4 is 4.90 Å². The van der Waals surface area contributed by atoms with Gasteiger partial charge in [0.2, 0.25) is 5.95 Å². The second-order valence-corrected chi connectivity index (χ2v) is 13.4. The van der Waals surface area contributed by atoms with Crippen molar-refractivity contribution in [2.24, 2.45) is 0 Å². The lowest BCUT2D eigenvalue weighted by atomic mass is 9.92. The number of anilines is 2. The fourth-order valence-corrected chi connectivity index (χ4v) is 6.77. The number of nitrogens with zero attached hydrogens (tertiary/aromatic N) is 3. The van der Waals surface area contributed by atoms with E-state index in [9.17, 15) is 18.0 Å². The summed E-state index contributed by atoms with van der Waals surface area (Å²) in [7, 11) is -3.93. The van der Waals surface area contributed by atoms with Crippen molar-refractivity contribution in [1.82, 2.24) is 9.55 Å². The molecule has 4 rings (SSSR count). The minimum atomic E-state index is -3.93. The Labute approximate surface area is 239 Å². The van der Waals surface area contributed by atoms with Crippen LogP contribution in [0.3, 0.4) is 0 Å². The van der Waals surface area contributed by atoms with Gasteiger partial charge in [-0.2, -0.15) is 0 Å². The minimum absolute atomic E-state index is 0.0410. The maximum Gasteiger partial charge on any atom is 0.306 e. The summed E-state index contributed by atoms with van der Waals surface area (Å²) in [6.07, 6.45) is 1.20. The van der Waals surface area contributed by atoms with Gasteiger partial charge in [0, 0.05) is 27.4 Å². The molecule has 1 aliphatic rings. The number of rotatable bonds is 9. The number of halogens is 3. The SMILES string of the molecule is CC(C)OC(=O)CCCS(=O)(=O)c1cnc2n1[C@](C)(Cc1ccc(Br)cc1)C(=O)N2c1cc(Cl)cc(Cl)c1. The van der Waals surface area contributed by atoms with Crippen molar-refractivity contribution in [2.45, 2.75) is 56.7 Å². The van der Waals surface area contributed by atoms with Gasteiger partial charge in [-0.3, -0.25) is 14.2 Å². The second kappa shape index (κ2) is 11.0. The summed E-state index contributed by atoms with van der Waals surface area (Å²) in [5.74, 6) is -1.01. The van der Waals surface area contributed by atoms with Crippen LogP contribution in [0.2, 0.25) is 10.0 Å². The maximum absolute atomic E-state index is 14.0. The molecule has 202 valence electrons. The molecule has 0 N–H and O–H groups in total. The van der Waals surface area contributed by atoms with Crippen LogP contribution >= 0.6 is 39.1 Å². The van der Waals surface area contributed by atoms with E-state index in [1.807, 2.05) is 24.3 Å². The van der Waals surface area contributed by atoms with Crippen LogP contribution in [0.15, 0.2) is 58.2 Å². The summed E-state index contributed by atoms with van der Waals surface area (Å²) in [4.78, 5) is 31.7. The highest BCUT2D eigenvalue weighted by Gasteiger charge is 2.51. The number of ether oxygens (including phenoxy) is 1. The number of aromatic nitrogens is 2. The van der Waals surface area contributed by atoms with Gasteiger partial charge in [0.15, 0.2) is 14.9 Å². The molecule has 1 atom stereocenters. The van der Waals surface area contributed by atoms with Crippen molar-refractivity contribution in [3.05, 3.63) is 68.7 Å². The number of imidazole rings is 1. The van der Waals surface area contributed by atoms with Crippen molar-refractivity contribution in [1.29, 1.82) is 0 Å². The van der Waals surface area contributed by atoms with Crippen molar-refractivity contribution in [3.8, 4) is 0 Å². The molecule has 0 fully saturated rings. The Balaban J connectivity index is 1.76. The average Bonchev–Trinajstić information content (AvgIpc) is 3.33. The Morgan fingerprint density at radius 1 is 1.13 bits per heavy atom. The van der Waals surface area contributed by atoms with Crippen LogP contribution in [-0.2, 0) is 36.1 Å². The molecular formula is C26H26BrCl2N3O5S. The smallest absolute Gasteiger partial charge is 0.306 e. The molecule has 0 unspecified atom stereocenters. The Kier molecular flexibility index (Phi) is 8.28. The van der Waals surface area contributed by atoms with Crippen molar-refractivity contribution < 1.29 is 22.7 Å². The lowest BCUT2D eigenvalue weighted by molar-refractivity contribution is -0.147. The largest absolute Gasteiger partial charge is 0.463 e. The highest BCUT2D eigenvalue weighted by atomic mass is 79.9. The van der Waals surface area contributed by atoms with E-state index < -0.39 is 21.3 Å². The molecule has 8 nitrogen and oxygen atoms in total. The molecule has 12 heteroatoms. The fourth-order valence-electron chi connectivity index (χ4n) is 4.48. The van der Waals surface area contributed by atoms with Gasteiger partial charge in [-0.15, -0.1) is 0 Å². The van der Waals surface area contributed by atoms with Crippen LogP contribution in [0.25, 0.3) is 0 Å². The van der Waals surface area contributed by atoms with Gasteiger partial charge in [-0.1, -0.05) is 51.3 Å². The Morgan fingerprint density at radius 3 is 2.37 bits per heavy atom. The van der Waals surface area contributed by atoms with E-state index in [0.717, 1.165) is 10.0 Å². The number of hydrogen-bond acceptors (Lipinski definition) is 6. The first-order chi connectivity index (χ1) is 17.8. The predicted octanol–water partition coefficient (Wildman–Crippen LogP) is 6.09. The Morgan fingerprint density at radius 2 is 1.76 bits per heavy atom. The highest BCUT2D eigenvalue weighted by Crippen LogP contribution is 2.44. The number of fused-ring (bicyclic) bond motifs is 1. The van der Waals surface area contributed by atoms with Crippen LogP contribution in [0.1, 0.15) is 39.2 Å². The Bertz CT molecular complexity index is 1470. The zero-order valence-electron chi connectivity index (χ0n) is 20.9. The van der Waals surface area contributed by atoms with Gasteiger partial charge < -0.3 is 4.74 Å². The number of carbonyl (C=O) groups is 2. The number of carbonyl (C=O) groups excluding carboxylic acids is 2. The van der Waals surface area contributed by atoms with E-state index in [2.05, 4.69) is 20.9 Å². The molecule has 0 bridgehead atoms. The zero-order valence-corrected chi connectivity index (χ0v) is 24.9. The molecule has 2 aromatic carbocycles. The first-order valence-corrected chi connectivity index (χ1v) is 15.1. The number of hydrogen-bond donors (Lipinski definition) is 0. The molecule has 38 heavy (non-hydrogen) atoms. The van der Waals surface area contributed by atoms with Crippen molar-refractivity contribution in [3.63, 3.8) is 0 Å². The van der Waals surface area contributed by atoms with Crippen LogP contribution in [0.5, 0.6) is 0 Å². The predicted molar refractivity (Wildman–Crippen MR) is 150 cm³/mol. The first kappa shape index (κ1) is 28.6. The van der Waals surface area contributed by atoms with Gasteiger partial charge >= 0.3 is 5.97 Å². The summed E-state index contributed by atoms with van der Waals surface area (Å²) >= 11 is 15.9. The monoisotopic (exact) mass is 641 g/mol. The third-order valence-corrected chi connectivity index (χ3v) is 8.83. The average molecular weight is 643 g/mol. The van der Waals surface area contributed by atoms with Gasteiger partial charge in [0.25, 0.3) is 5.91 Å². The molecular weight excluding hydrogens is 617 g/mol. The number of esters is 1. The molecule has 0 spiro atoms. The third kappa shape index (κ3) is 5.78. The van der Waals surface area contributed by atoms with E-state index in [1.54, 1.807) is 39.0 Å². The second-order valence-electron chi connectivity index (χ2n) is 9.54. The highest BCUT2D eigenvalue weighted by molar-refractivity contribution is 9.10. The number of amides is 1. The molecule has 0 saturated carbocycles. The molecule has 0 radical (unpaired) electrons. The van der Waals surface area contributed by atoms with Crippen molar-refractivity contribution >= 4 is 72.5 Å². The van der Waals surface area contributed by atoms with E-state index in [4.69, 9.17) is 27.9 Å². The molecule has 0 aliphatic carbocycles. The number of sulfone groups is 1. The van der Waals surface area contributed by atoms with E-state index in [0.29, 0.717) is 15.7 Å². The summed E-state index contributed by atoms with van der Waals surface area (Å²) < 4.78 is 34.5. The van der Waals surface area contributed by atoms with Crippen LogP contribution in [0.4, 0.5) is 11.6 Å². The summed E-state index contributed by atoms with van der Waals surface area (Å²) in [5.41, 5.74) is -0.123. The van der Waals surface area contributed by atoms with Crippen LogP contribution in [-0.4, -0.2) is 41.7 Å². The van der Waals surface area contributed by atoms with Gasteiger partial charge in [-0.05, 0) is 63.1 Å². The molecule has 1 aliphatic heterocycles. The molecule has 0 saturated heterocycles. The summed E-state index contributed by atoms with van der Waals surface area (Å²) in [6, 6.07) is 12.1. The molecule has 1 amide bonds. The quantitative estimate of drug-likeness (QED) is 0.262. The van der Waals surface area contributed by atoms with Gasteiger partial charge in [0.05, 0.1) is 23.7 Å². The summed E-state index contributed by atoms with van der Waals surface area (Å²) in [5, 5.41) is 0.537. The third-order valence-electron chi connectivity index (χ3n) is 6.12. The standard InChI is InChI=1S/C26H26BrCl2N3O5S/c1-16(2)37-23(33)5-4-10-38(35,36)22-15-30-25-31(21-12-19(28)11-20(29)13-21)24(34)26(3,32(22)25)14-17-6-8-18(27)9-7-17/h6-9,11-13,15-16H,4-5,10,14H2,1-3H3/t26-/m1/s1. The lowest BCUT2D eigenvalue weighted by Gasteiger charge is -2.26. The normalized spacial score (nSPS) is 17.2. The minimum Gasteiger partial charge on any atom is -0.463 e. The lowest BCUT2D eigenvalue weighted by Crippen LogP contribution is -2.42. The molecule has 1 aromatic heterocycles. The van der Waals surface area contributed by atoms with Gasteiger partial charge in [0.1, 0.15) is 5.54 Å². The van der Waals surface area contributed by atoms with E-state index in [-0.39, 0.29) is 48.0 Å². The molecule has 2 heterocycles.